The quantitative estimate of drug-likeness (QED) is 0.666. The number of ether oxygens (including phenoxy) is 1. The van der Waals surface area contributed by atoms with Crippen molar-refractivity contribution in [1.29, 1.82) is 0 Å². The maximum absolute atomic E-state index is 11.7. The molecular formula is C12H18N2O2S2. The second kappa shape index (κ2) is 7.33. The molecule has 1 heterocycles. The molecule has 1 aromatic rings. The van der Waals surface area contributed by atoms with Crippen LogP contribution in [0.3, 0.4) is 0 Å². The minimum absolute atomic E-state index is 0.316. The minimum atomic E-state index is -0.316. The topological polar surface area (TPSA) is 41.6 Å². The smallest absolute Gasteiger partial charge is 0.341 e. The number of thiocarbonyl (C=S) groups is 1. The zero-order valence-electron chi connectivity index (χ0n) is 10.9. The summed E-state index contributed by atoms with van der Waals surface area (Å²) in [5, 5.41) is 6.33. The lowest BCUT2D eigenvalue weighted by Gasteiger charge is -2.22. The van der Waals surface area contributed by atoms with Crippen molar-refractivity contribution in [2.45, 2.75) is 20.8 Å². The van der Waals surface area contributed by atoms with Crippen LogP contribution in [0, 0.1) is 0 Å². The number of anilines is 1. The lowest BCUT2D eigenvalue weighted by atomic mass is 10.3. The first-order chi connectivity index (χ1) is 8.63. The van der Waals surface area contributed by atoms with E-state index in [1.165, 1.54) is 11.3 Å². The Kier molecular flexibility index (Phi) is 6.07. The van der Waals surface area contributed by atoms with Crippen molar-refractivity contribution in [3.8, 4) is 0 Å². The first-order valence-corrected chi connectivity index (χ1v) is 7.23. The third-order valence-electron chi connectivity index (χ3n) is 2.43. The summed E-state index contributed by atoms with van der Waals surface area (Å²) in [7, 11) is 0. The second-order valence-electron chi connectivity index (χ2n) is 3.49. The van der Waals surface area contributed by atoms with E-state index in [0.29, 0.717) is 17.3 Å². The standard InChI is InChI=1S/C12H18N2O2S2/c1-4-14(5-2)12(17)13-10-9(7-8-18-10)11(15)16-6-3/h7-8H,4-6H2,1-3H3,(H,13,17). The summed E-state index contributed by atoms with van der Waals surface area (Å²) < 4.78 is 4.99. The number of thiophene rings is 1. The van der Waals surface area contributed by atoms with Gasteiger partial charge in [0.2, 0.25) is 0 Å². The summed E-state index contributed by atoms with van der Waals surface area (Å²) in [6, 6.07) is 1.75. The van der Waals surface area contributed by atoms with Crippen molar-refractivity contribution in [1.82, 2.24) is 4.90 Å². The van der Waals surface area contributed by atoms with Gasteiger partial charge in [-0.25, -0.2) is 4.79 Å². The van der Waals surface area contributed by atoms with Crippen LogP contribution >= 0.6 is 23.6 Å². The first-order valence-electron chi connectivity index (χ1n) is 5.94. The van der Waals surface area contributed by atoms with Crippen LogP contribution in [0.2, 0.25) is 0 Å². The molecule has 1 aromatic heterocycles. The van der Waals surface area contributed by atoms with Gasteiger partial charge in [-0.1, -0.05) is 0 Å². The van der Waals surface area contributed by atoms with E-state index < -0.39 is 0 Å². The van der Waals surface area contributed by atoms with Crippen LogP contribution in [0.15, 0.2) is 11.4 Å². The predicted molar refractivity (Wildman–Crippen MR) is 79.4 cm³/mol. The van der Waals surface area contributed by atoms with Gasteiger partial charge in [0.25, 0.3) is 0 Å². The number of esters is 1. The summed E-state index contributed by atoms with van der Waals surface area (Å²) >= 11 is 6.75. The van der Waals surface area contributed by atoms with Gasteiger partial charge in [0.15, 0.2) is 5.11 Å². The van der Waals surface area contributed by atoms with E-state index in [2.05, 4.69) is 5.32 Å². The SMILES string of the molecule is CCOC(=O)c1ccsc1NC(=S)N(CC)CC. The Labute approximate surface area is 117 Å². The molecule has 1 N–H and O–H groups in total. The summed E-state index contributed by atoms with van der Waals surface area (Å²) in [5.41, 5.74) is 0.538. The molecule has 0 atom stereocenters. The molecule has 0 saturated carbocycles. The van der Waals surface area contributed by atoms with E-state index in [0.717, 1.165) is 18.1 Å². The van der Waals surface area contributed by atoms with Gasteiger partial charge in [0.05, 0.1) is 12.2 Å². The molecule has 6 heteroatoms. The molecule has 0 fully saturated rings. The maximum Gasteiger partial charge on any atom is 0.341 e. The molecule has 18 heavy (non-hydrogen) atoms. The fraction of sp³-hybridized carbons (Fsp3) is 0.500. The zero-order valence-corrected chi connectivity index (χ0v) is 12.5. The molecular weight excluding hydrogens is 268 g/mol. The summed E-state index contributed by atoms with van der Waals surface area (Å²) in [6.45, 7) is 7.91. The number of hydrogen-bond donors (Lipinski definition) is 1. The largest absolute Gasteiger partial charge is 0.462 e. The Balaban J connectivity index is 2.76. The summed E-state index contributed by atoms with van der Waals surface area (Å²) in [4.78, 5) is 13.7. The number of carbonyl (C=O) groups excluding carboxylic acids is 1. The molecule has 0 aromatic carbocycles. The van der Waals surface area contributed by atoms with Gasteiger partial charge in [0, 0.05) is 13.1 Å². The van der Waals surface area contributed by atoms with Gasteiger partial charge in [-0.05, 0) is 44.4 Å². The van der Waals surface area contributed by atoms with Crippen LogP contribution in [-0.4, -0.2) is 35.7 Å². The van der Waals surface area contributed by atoms with Crippen LogP contribution in [0.5, 0.6) is 0 Å². The van der Waals surface area contributed by atoms with E-state index in [9.17, 15) is 4.79 Å². The Morgan fingerprint density at radius 1 is 1.44 bits per heavy atom. The highest BCUT2D eigenvalue weighted by Crippen LogP contribution is 2.24. The van der Waals surface area contributed by atoms with Crippen LogP contribution < -0.4 is 5.32 Å². The molecule has 1 rings (SSSR count). The molecule has 0 aliphatic rings. The van der Waals surface area contributed by atoms with Crippen molar-refractivity contribution < 1.29 is 9.53 Å². The average molecular weight is 286 g/mol. The third kappa shape index (κ3) is 3.68. The van der Waals surface area contributed by atoms with E-state index >= 15 is 0 Å². The second-order valence-corrected chi connectivity index (χ2v) is 4.79. The fourth-order valence-corrected chi connectivity index (χ4v) is 2.66. The molecule has 0 spiro atoms. The van der Waals surface area contributed by atoms with E-state index in [1.807, 2.05) is 24.1 Å². The lowest BCUT2D eigenvalue weighted by Crippen LogP contribution is -2.34. The highest BCUT2D eigenvalue weighted by Gasteiger charge is 2.16. The van der Waals surface area contributed by atoms with E-state index in [1.54, 1.807) is 13.0 Å². The van der Waals surface area contributed by atoms with Gasteiger partial charge in [-0.3, -0.25) is 0 Å². The predicted octanol–water partition coefficient (Wildman–Crippen LogP) is 2.96. The molecule has 4 nitrogen and oxygen atoms in total. The highest BCUT2D eigenvalue weighted by molar-refractivity contribution is 7.80. The van der Waals surface area contributed by atoms with Gasteiger partial charge in [-0.15, -0.1) is 11.3 Å². The molecule has 0 saturated heterocycles. The Bertz CT molecular complexity index is 414. The molecule has 0 radical (unpaired) electrons. The van der Waals surface area contributed by atoms with Gasteiger partial charge in [0.1, 0.15) is 5.00 Å². The van der Waals surface area contributed by atoms with Gasteiger partial charge >= 0.3 is 5.97 Å². The number of hydrogen-bond acceptors (Lipinski definition) is 4. The fourth-order valence-electron chi connectivity index (χ4n) is 1.46. The van der Waals surface area contributed by atoms with Crippen LogP contribution in [0.1, 0.15) is 31.1 Å². The van der Waals surface area contributed by atoms with Crippen molar-refractivity contribution in [2.24, 2.45) is 0 Å². The van der Waals surface area contributed by atoms with Crippen molar-refractivity contribution >= 4 is 39.6 Å². The lowest BCUT2D eigenvalue weighted by molar-refractivity contribution is 0.0528. The molecule has 100 valence electrons. The average Bonchev–Trinajstić information content (AvgIpc) is 2.79. The minimum Gasteiger partial charge on any atom is -0.462 e. The highest BCUT2D eigenvalue weighted by atomic mass is 32.1. The number of rotatable bonds is 5. The first kappa shape index (κ1) is 14.9. The van der Waals surface area contributed by atoms with E-state index in [4.69, 9.17) is 17.0 Å². The molecule has 0 unspecified atom stereocenters. The zero-order chi connectivity index (χ0) is 13.5. The van der Waals surface area contributed by atoms with E-state index in [-0.39, 0.29) is 5.97 Å². The molecule has 0 aliphatic carbocycles. The van der Waals surface area contributed by atoms with Crippen LogP contribution in [-0.2, 0) is 4.74 Å². The number of carbonyl (C=O) groups is 1. The third-order valence-corrected chi connectivity index (χ3v) is 3.62. The Morgan fingerprint density at radius 3 is 2.67 bits per heavy atom. The van der Waals surface area contributed by atoms with Crippen molar-refractivity contribution in [3.05, 3.63) is 17.0 Å². The summed E-state index contributed by atoms with van der Waals surface area (Å²) in [6.07, 6.45) is 0. The summed E-state index contributed by atoms with van der Waals surface area (Å²) in [5.74, 6) is -0.316. The molecule has 0 aliphatic heterocycles. The van der Waals surface area contributed by atoms with Crippen LogP contribution in [0.25, 0.3) is 0 Å². The van der Waals surface area contributed by atoms with Gasteiger partial charge in [-0.2, -0.15) is 0 Å². The molecule has 0 amide bonds. The number of nitrogens with one attached hydrogen (secondary N) is 1. The normalized spacial score (nSPS) is 9.94. The van der Waals surface area contributed by atoms with Crippen LogP contribution in [0.4, 0.5) is 5.00 Å². The Hall–Kier alpha value is -1.14. The molecule has 0 bridgehead atoms. The van der Waals surface area contributed by atoms with Crippen molar-refractivity contribution in [3.63, 3.8) is 0 Å². The van der Waals surface area contributed by atoms with Gasteiger partial charge < -0.3 is 15.0 Å². The monoisotopic (exact) mass is 286 g/mol. The van der Waals surface area contributed by atoms with Crippen molar-refractivity contribution in [2.75, 3.05) is 25.0 Å². The number of nitrogens with zero attached hydrogens (tertiary/aromatic N) is 1. The maximum atomic E-state index is 11.7. The Morgan fingerprint density at radius 2 is 2.11 bits per heavy atom.